The number of carbonyl (C=O) groups excluding carboxylic acids is 3. The molecule has 1 aliphatic heterocycles. The summed E-state index contributed by atoms with van der Waals surface area (Å²) in [4.78, 5) is 37.8. The number of rotatable bonds is 7. The zero-order chi connectivity index (χ0) is 22.8. The summed E-state index contributed by atoms with van der Waals surface area (Å²) in [5, 5.41) is 2.79. The van der Waals surface area contributed by atoms with Gasteiger partial charge in [-0.15, -0.1) is 0 Å². The van der Waals surface area contributed by atoms with Crippen molar-refractivity contribution >= 4 is 50.7 Å². The molecule has 3 rings (SSSR count). The first-order valence-electron chi connectivity index (χ1n) is 9.76. The second-order valence-electron chi connectivity index (χ2n) is 6.86. The smallest absolute Gasteiger partial charge is 0.255 e. The van der Waals surface area contributed by atoms with Crippen molar-refractivity contribution in [3.8, 4) is 0 Å². The van der Waals surface area contributed by atoms with Crippen molar-refractivity contribution in [1.29, 1.82) is 0 Å². The monoisotopic (exact) mass is 463 g/mol. The normalized spacial score (nSPS) is 14.4. The lowest BCUT2D eigenvalue weighted by molar-refractivity contribution is -0.121. The SMILES string of the molecule is CCN(CC)S(=O)(=O)c1ccc(Cl)c(NC(=O)c2cccc(N3C(=O)CCC3=O)c2)c1. The summed E-state index contributed by atoms with van der Waals surface area (Å²) in [6.07, 6.45) is 0.275. The number of hydrogen-bond donors (Lipinski definition) is 1. The van der Waals surface area contributed by atoms with Crippen LogP contribution in [0.4, 0.5) is 11.4 Å². The number of hydrogen-bond acceptors (Lipinski definition) is 5. The maximum atomic E-state index is 12.8. The quantitative estimate of drug-likeness (QED) is 0.634. The Labute approximate surface area is 185 Å². The van der Waals surface area contributed by atoms with E-state index in [0.29, 0.717) is 18.8 Å². The molecule has 3 amide bonds. The summed E-state index contributed by atoms with van der Waals surface area (Å²) in [5.74, 6) is -1.19. The Bertz CT molecular complexity index is 1130. The van der Waals surface area contributed by atoms with E-state index < -0.39 is 15.9 Å². The second kappa shape index (κ2) is 9.17. The van der Waals surface area contributed by atoms with Gasteiger partial charge in [-0.1, -0.05) is 31.5 Å². The van der Waals surface area contributed by atoms with Crippen LogP contribution in [0.5, 0.6) is 0 Å². The summed E-state index contributed by atoms with van der Waals surface area (Å²) in [6, 6.07) is 10.2. The summed E-state index contributed by atoms with van der Waals surface area (Å²) in [6.45, 7) is 4.10. The fourth-order valence-electron chi connectivity index (χ4n) is 3.32. The van der Waals surface area contributed by atoms with Gasteiger partial charge in [-0.05, 0) is 36.4 Å². The number of amides is 3. The average Bonchev–Trinajstić information content (AvgIpc) is 3.08. The second-order valence-corrected chi connectivity index (χ2v) is 9.20. The van der Waals surface area contributed by atoms with E-state index in [9.17, 15) is 22.8 Å². The minimum atomic E-state index is -3.73. The Hall–Kier alpha value is -2.75. The Kier molecular flexibility index (Phi) is 6.78. The molecule has 0 saturated carbocycles. The van der Waals surface area contributed by atoms with E-state index in [2.05, 4.69) is 5.32 Å². The van der Waals surface area contributed by atoms with Crippen LogP contribution in [0.3, 0.4) is 0 Å². The molecule has 0 atom stereocenters. The molecule has 0 bridgehead atoms. The van der Waals surface area contributed by atoms with Crippen LogP contribution >= 0.6 is 11.6 Å². The molecule has 0 spiro atoms. The van der Waals surface area contributed by atoms with Crippen molar-refractivity contribution < 1.29 is 22.8 Å². The van der Waals surface area contributed by atoms with E-state index in [1.807, 2.05) is 0 Å². The Balaban J connectivity index is 1.88. The van der Waals surface area contributed by atoms with Crippen LogP contribution in [-0.2, 0) is 19.6 Å². The highest BCUT2D eigenvalue weighted by Crippen LogP contribution is 2.28. The van der Waals surface area contributed by atoms with E-state index in [1.54, 1.807) is 26.0 Å². The zero-order valence-corrected chi connectivity index (χ0v) is 18.7. The molecule has 1 heterocycles. The molecule has 8 nitrogen and oxygen atoms in total. The lowest BCUT2D eigenvalue weighted by Crippen LogP contribution is -2.30. The Morgan fingerprint density at radius 1 is 1.06 bits per heavy atom. The minimum absolute atomic E-state index is 0.0120. The van der Waals surface area contributed by atoms with Crippen LogP contribution in [0.15, 0.2) is 47.4 Å². The number of anilines is 2. The third-order valence-electron chi connectivity index (χ3n) is 4.95. The molecule has 31 heavy (non-hydrogen) atoms. The van der Waals surface area contributed by atoms with Gasteiger partial charge in [0.05, 0.1) is 21.3 Å². The lowest BCUT2D eigenvalue weighted by Gasteiger charge is -2.19. The average molecular weight is 464 g/mol. The van der Waals surface area contributed by atoms with Crippen molar-refractivity contribution in [2.24, 2.45) is 0 Å². The van der Waals surface area contributed by atoms with Gasteiger partial charge >= 0.3 is 0 Å². The maximum absolute atomic E-state index is 12.8. The van der Waals surface area contributed by atoms with E-state index in [-0.39, 0.29) is 45.8 Å². The fourth-order valence-corrected chi connectivity index (χ4v) is 4.97. The molecule has 2 aromatic rings. The van der Waals surface area contributed by atoms with Crippen molar-refractivity contribution in [3.05, 3.63) is 53.1 Å². The first kappa shape index (κ1) is 22.9. The molecule has 0 radical (unpaired) electrons. The molecule has 0 aromatic heterocycles. The molecule has 1 aliphatic rings. The highest BCUT2D eigenvalue weighted by Gasteiger charge is 2.30. The van der Waals surface area contributed by atoms with Crippen molar-refractivity contribution in [2.75, 3.05) is 23.3 Å². The van der Waals surface area contributed by atoms with E-state index in [0.717, 1.165) is 4.90 Å². The summed E-state index contributed by atoms with van der Waals surface area (Å²) < 4.78 is 26.8. The number of nitrogens with zero attached hydrogens (tertiary/aromatic N) is 2. The summed E-state index contributed by atoms with van der Waals surface area (Å²) >= 11 is 6.18. The van der Waals surface area contributed by atoms with Gasteiger partial charge in [0.1, 0.15) is 0 Å². The highest BCUT2D eigenvalue weighted by atomic mass is 35.5. The maximum Gasteiger partial charge on any atom is 0.255 e. The van der Waals surface area contributed by atoms with Gasteiger partial charge in [0, 0.05) is 31.5 Å². The van der Waals surface area contributed by atoms with Gasteiger partial charge < -0.3 is 5.32 Å². The van der Waals surface area contributed by atoms with Gasteiger partial charge in [-0.3, -0.25) is 19.3 Å². The van der Waals surface area contributed by atoms with Crippen molar-refractivity contribution in [3.63, 3.8) is 0 Å². The first-order chi connectivity index (χ1) is 14.7. The minimum Gasteiger partial charge on any atom is -0.321 e. The number of sulfonamides is 1. The predicted octanol–water partition coefficient (Wildman–Crippen LogP) is 3.28. The largest absolute Gasteiger partial charge is 0.321 e. The van der Waals surface area contributed by atoms with Gasteiger partial charge in [-0.2, -0.15) is 4.31 Å². The third-order valence-corrected chi connectivity index (χ3v) is 7.32. The van der Waals surface area contributed by atoms with Crippen molar-refractivity contribution in [2.45, 2.75) is 31.6 Å². The third kappa shape index (κ3) is 4.63. The molecule has 1 fully saturated rings. The van der Waals surface area contributed by atoms with Gasteiger partial charge in [0.25, 0.3) is 5.91 Å². The molecular formula is C21H22ClN3O5S. The van der Waals surface area contributed by atoms with Crippen LogP contribution in [0.2, 0.25) is 5.02 Å². The summed E-state index contributed by atoms with van der Waals surface area (Å²) in [5.41, 5.74) is 0.640. The van der Waals surface area contributed by atoms with Gasteiger partial charge in [0.2, 0.25) is 21.8 Å². The number of nitrogens with one attached hydrogen (secondary N) is 1. The Morgan fingerprint density at radius 3 is 2.32 bits per heavy atom. The summed E-state index contributed by atoms with van der Waals surface area (Å²) in [7, 11) is -3.73. The van der Waals surface area contributed by atoms with Crippen LogP contribution in [0.25, 0.3) is 0 Å². The van der Waals surface area contributed by atoms with Crippen LogP contribution < -0.4 is 10.2 Å². The molecule has 0 unspecified atom stereocenters. The van der Waals surface area contributed by atoms with Crippen LogP contribution in [-0.4, -0.2) is 43.5 Å². The molecule has 1 saturated heterocycles. The molecule has 10 heteroatoms. The molecule has 164 valence electrons. The lowest BCUT2D eigenvalue weighted by atomic mass is 10.1. The molecular weight excluding hydrogens is 442 g/mol. The number of carbonyl (C=O) groups is 3. The standard InChI is InChI=1S/C21H22ClN3O5S/c1-3-24(4-2)31(29,30)16-8-9-17(22)18(13-16)23-21(28)14-6-5-7-15(12-14)25-19(26)10-11-20(25)27/h5-9,12-13H,3-4,10-11H2,1-2H3,(H,23,28). The molecule has 1 N–H and O–H groups in total. The Morgan fingerprint density at radius 2 is 1.71 bits per heavy atom. The van der Waals surface area contributed by atoms with Crippen molar-refractivity contribution in [1.82, 2.24) is 4.31 Å². The fraction of sp³-hybridized carbons (Fsp3) is 0.286. The highest BCUT2D eigenvalue weighted by molar-refractivity contribution is 7.89. The van der Waals surface area contributed by atoms with E-state index >= 15 is 0 Å². The van der Waals surface area contributed by atoms with Gasteiger partial charge in [-0.25, -0.2) is 8.42 Å². The number of halogens is 1. The first-order valence-corrected chi connectivity index (χ1v) is 11.6. The zero-order valence-electron chi connectivity index (χ0n) is 17.1. The van der Waals surface area contributed by atoms with E-state index in [1.165, 1.54) is 34.6 Å². The molecule has 2 aromatic carbocycles. The predicted molar refractivity (Wildman–Crippen MR) is 118 cm³/mol. The van der Waals surface area contributed by atoms with Gasteiger partial charge in [0.15, 0.2) is 0 Å². The number of benzene rings is 2. The molecule has 0 aliphatic carbocycles. The van der Waals surface area contributed by atoms with E-state index in [4.69, 9.17) is 11.6 Å². The van der Waals surface area contributed by atoms with Crippen LogP contribution in [0.1, 0.15) is 37.0 Å². The number of imide groups is 1. The van der Waals surface area contributed by atoms with Crippen LogP contribution in [0, 0.1) is 0 Å². The topological polar surface area (TPSA) is 104 Å².